The minimum Gasteiger partial charge on any atom is -0.369 e. The van der Waals surface area contributed by atoms with Gasteiger partial charge in [0.05, 0.1) is 6.42 Å². The molecule has 2 rings (SSSR count). The zero-order chi connectivity index (χ0) is 18.0. The van der Waals surface area contributed by atoms with Crippen molar-refractivity contribution in [1.82, 2.24) is 20.2 Å². The lowest BCUT2D eigenvalue weighted by molar-refractivity contribution is -0.144. The van der Waals surface area contributed by atoms with E-state index in [1.165, 1.54) is 18.3 Å². The highest BCUT2D eigenvalue weighted by Crippen LogP contribution is 2.26. The number of rotatable bonds is 5. The topological polar surface area (TPSA) is 90.3 Å². The zero-order valence-corrected chi connectivity index (χ0v) is 11.8. The molecule has 0 radical (unpaired) electrons. The molecule has 0 aromatic carbocycles. The van der Waals surface area contributed by atoms with Crippen molar-refractivity contribution in [1.29, 1.82) is 5.41 Å². The summed E-state index contributed by atoms with van der Waals surface area (Å²) in [5, 5.41) is 15.2. The van der Waals surface area contributed by atoms with E-state index in [0.717, 1.165) is 0 Å². The summed E-state index contributed by atoms with van der Waals surface area (Å²) in [5.41, 5.74) is -0.495. The second-order valence-electron chi connectivity index (χ2n) is 4.57. The Morgan fingerprint density at radius 2 is 1.92 bits per heavy atom. The van der Waals surface area contributed by atoms with Gasteiger partial charge >= 0.3 is 12.4 Å². The van der Waals surface area contributed by atoms with Crippen LogP contribution in [0, 0.1) is 5.41 Å². The lowest BCUT2D eigenvalue weighted by Gasteiger charge is -2.11. The number of halogens is 6. The van der Waals surface area contributed by atoms with Gasteiger partial charge in [-0.05, 0) is 12.1 Å². The molecule has 0 atom stereocenters. The van der Waals surface area contributed by atoms with Gasteiger partial charge in [-0.25, -0.2) is 9.97 Å². The molecule has 2 heterocycles. The molecule has 2 aromatic rings. The molecular weight excluding hydrogens is 342 g/mol. The molecule has 0 aliphatic rings. The van der Waals surface area contributed by atoms with Crippen LogP contribution < -0.4 is 5.32 Å². The van der Waals surface area contributed by atoms with Gasteiger partial charge in [-0.15, -0.1) is 5.10 Å². The predicted molar refractivity (Wildman–Crippen MR) is 70.7 cm³/mol. The van der Waals surface area contributed by atoms with E-state index in [0.29, 0.717) is 0 Å². The van der Waals surface area contributed by atoms with Gasteiger partial charge in [0.2, 0.25) is 0 Å². The highest BCUT2D eigenvalue weighted by atomic mass is 19.4. The Hall–Kier alpha value is -2.66. The highest BCUT2D eigenvalue weighted by Gasteiger charge is 2.36. The number of pyridine rings is 1. The van der Waals surface area contributed by atoms with E-state index in [4.69, 9.17) is 5.41 Å². The monoisotopic (exact) mass is 352 g/mol. The van der Waals surface area contributed by atoms with Gasteiger partial charge in [-0.3, -0.25) is 10.5 Å². The summed E-state index contributed by atoms with van der Waals surface area (Å²) in [5.74, 6) is -2.00. The van der Waals surface area contributed by atoms with Crippen molar-refractivity contribution in [3.05, 3.63) is 35.5 Å². The van der Waals surface area contributed by atoms with Gasteiger partial charge in [-0.2, -0.15) is 26.3 Å². The van der Waals surface area contributed by atoms with Crippen LogP contribution in [0.2, 0.25) is 0 Å². The Morgan fingerprint density at radius 3 is 2.50 bits per heavy atom. The molecule has 130 valence electrons. The van der Waals surface area contributed by atoms with Gasteiger partial charge in [-0.1, -0.05) is 0 Å². The summed E-state index contributed by atoms with van der Waals surface area (Å²) in [4.78, 5) is 6.96. The van der Waals surface area contributed by atoms with Gasteiger partial charge in [0.15, 0.2) is 5.82 Å². The summed E-state index contributed by atoms with van der Waals surface area (Å²) >= 11 is 0. The van der Waals surface area contributed by atoms with E-state index < -0.39 is 42.7 Å². The average Bonchev–Trinajstić information content (AvgIpc) is 2.95. The van der Waals surface area contributed by atoms with Gasteiger partial charge in [0, 0.05) is 18.3 Å². The van der Waals surface area contributed by atoms with Crippen LogP contribution in [0.25, 0.3) is 0 Å². The normalized spacial score (nSPS) is 12.2. The molecule has 0 aliphatic carbocycles. The molecule has 0 saturated carbocycles. The number of aromatic nitrogens is 4. The van der Waals surface area contributed by atoms with E-state index in [9.17, 15) is 26.3 Å². The molecule has 2 aromatic heterocycles. The first-order valence-corrected chi connectivity index (χ1v) is 6.42. The molecule has 0 saturated heterocycles. The molecular formula is C12H10F6N6. The summed E-state index contributed by atoms with van der Waals surface area (Å²) < 4.78 is 73.9. The Bertz CT molecular complexity index is 719. The molecule has 0 aliphatic heterocycles. The molecule has 24 heavy (non-hydrogen) atoms. The minimum absolute atomic E-state index is 0.00968. The molecule has 0 unspecified atom stereocenters. The van der Waals surface area contributed by atoms with E-state index >= 15 is 0 Å². The lowest BCUT2D eigenvalue weighted by atomic mass is 10.1. The number of alkyl halides is 6. The smallest absolute Gasteiger partial charge is 0.369 e. The number of nitrogens with zero attached hydrogens (tertiary/aromatic N) is 3. The summed E-state index contributed by atoms with van der Waals surface area (Å²) in [6, 6.07) is 2.71. The van der Waals surface area contributed by atoms with Crippen molar-refractivity contribution in [2.45, 2.75) is 18.8 Å². The molecule has 3 N–H and O–H groups in total. The fourth-order valence-corrected chi connectivity index (χ4v) is 1.70. The highest BCUT2D eigenvalue weighted by molar-refractivity contribution is 6.11. The third-order valence-corrected chi connectivity index (χ3v) is 2.75. The molecule has 0 amide bonds. The number of anilines is 1. The first-order valence-electron chi connectivity index (χ1n) is 6.42. The molecule has 6 nitrogen and oxygen atoms in total. The van der Waals surface area contributed by atoms with Crippen molar-refractivity contribution in [2.75, 3.05) is 11.9 Å². The average molecular weight is 352 g/mol. The number of nitrogens with one attached hydrogen (secondary N) is 3. The molecule has 12 heteroatoms. The summed E-state index contributed by atoms with van der Waals surface area (Å²) in [7, 11) is 0. The quantitative estimate of drug-likeness (QED) is 0.570. The fraction of sp³-hybridized carbons (Fsp3) is 0.333. The number of hydrogen-bond acceptors (Lipinski definition) is 5. The van der Waals surface area contributed by atoms with Crippen LogP contribution >= 0.6 is 0 Å². The number of H-pyrrole nitrogens is 1. The largest absolute Gasteiger partial charge is 0.453 e. The maximum atomic E-state index is 12.5. The second-order valence-corrected chi connectivity index (χ2v) is 4.57. The molecule has 0 fully saturated rings. The van der Waals surface area contributed by atoms with E-state index in [2.05, 4.69) is 20.4 Å². The zero-order valence-electron chi connectivity index (χ0n) is 11.8. The third-order valence-electron chi connectivity index (χ3n) is 2.75. The molecule has 0 spiro atoms. The SMILES string of the molecule is N=C(c1nc(C(F)(F)F)n[nH]1)c1cccnc1NCCC(F)(F)F. The van der Waals surface area contributed by atoms with E-state index in [1.54, 1.807) is 0 Å². The maximum Gasteiger partial charge on any atom is 0.453 e. The first-order chi connectivity index (χ1) is 11.1. The van der Waals surface area contributed by atoms with Gasteiger partial charge in [0.25, 0.3) is 5.82 Å². The van der Waals surface area contributed by atoms with Crippen LogP contribution in [0.1, 0.15) is 23.6 Å². The number of hydrogen-bond donors (Lipinski definition) is 3. The minimum atomic E-state index is -4.78. The summed E-state index contributed by atoms with van der Waals surface area (Å²) in [6.45, 7) is -0.495. The van der Waals surface area contributed by atoms with Crippen LogP contribution in [0.15, 0.2) is 18.3 Å². The van der Waals surface area contributed by atoms with Crippen molar-refractivity contribution in [3.63, 3.8) is 0 Å². The van der Waals surface area contributed by atoms with Crippen LogP contribution in [-0.2, 0) is 6.18 Å². The van der Waals surface area contributed by atoms with Crippen molar-refractivity contribution < 1.29 is 26.3 Å². The van der Waals surface area contributed by atoms with E-state index in [-0.39, 0.29) is 11.4 Å². The van der Waals surface area contributed by atoms with Crippen molar-refractivity contribution in [3.8, 4) is 0 Å². The van der Waals surface area contributed by atoms with Gasteiger partial charge < -0.3 is 5.32 Å². The van der Waals surface area contributed by atoms with Gasteiger partial charge in [0.1, 0.15) is 11.5 Å². The van der Waals surface area contributed by atoms with Crippen LogP contribution in [0.4, 0.5) is 32.2 Å². The first kappa shape index (κ1) is 17.7. The Kier molecular flexibility index (Phi) is 4.76. The lowest BCUT2D eigenvalue weighted by Crippen LogP contribution is -2.17. The molecule has 0 bridgehead atoms. The Balaban J connectivity index is 2.19. The van der Waals surface area contributed by atoms with E-state index in [1.807, 2.05) is 5.10 Å². The maximum absolute atomic E-state index is 12.5. The third kappa shape index (κ3) is 4.43. The Morgan fingerprint density at radius 1 is 1.21 bits per heavy atom. The predicted octanol–water partition coefficient (Wildman–Crippen LogP) is 3.00. The Labute approximate surface area is 130 Å². The second kappa shape index (κ2) is 6.45. The number of aromatic amines is 1. The van der Waals surface area contributed by atoms with Crippen molar-refractivity contribution >= 4 is 11.5 Å². The van der Waals surface area contributed by atoms with Crippen LogP contribution in [0.5, 0.6) is 0 Å². The van der Waals surface area contributed by atoms with Crippen LogP contribution in [-0.4, -0.2) is 38.6 Å². The summed E-state index contributed by atoms with van der Waals surface area (Å²) in [6.07, 6.45) is -9.01. The van der Waals surface area contributed by atoms with Crippen LogP contribution in [0.3, 0.4) is 0 Å². The fourth-order valence-electron chi connectivity index (χ4n) is 1.70. The van der Waals surface area contributed by atoms with Crippen molar-refractivity contribution in [2.24, 2.45) is 0 Å². The standard InChI is InChI=1S/C12H10F6N6/c13-11(14,15)3-5-21-8-6(2-1-4-20-8)7(19)9-22-10(24-23-9)12(16,17)18/h1-2,4,19H,3,5H2,(H,20,21)(H,22,23,24).